The first-order valence-electron chi connectivity index (χ1n) is 6.14. The molecule has 0 aliphatic heterocycles. The molecule has 1 aromatic heterocycles. The Morgan fingerprint density at radius 1 is 0.950 bits per heavy atom. The van der Waals surface area contributed by atoms with Crippen molar-refractivity contribution >= 4 is 10.9 Å². The van der Waals surface area contributed by atoms with Gasteiger partial charge >= 0.3 is 0 Å². The van der Waals surface area contributed by atoms with Gasteiger partial charge in [0.1, 0.15) is 11.6 Å². The molecule has 0 amide bonds. The maximum atomic E-state index is 13.2. The molecule has 0 saturated carbocycles. The number of hydrogen-bond acceptors (Lipinski definition) is 1. The Bertz CT molecular complexity index is 851. The summed E-state index contributed by atoms with van der Waals surface area (Å²) in [5.74, 6) is -0.784. The van der Waals surface area contributed by atoms with Gasteiger partial charge in [-0.25, -0.2) is 8.78 Å². The van der Waals surface area contributed by atoms with Crippen LogP contribution in [0.3, 0.4) is 0 Å². The van der Waals surface area contributed by atoms with Crippen LogP contribution in [0, 0.1) is 18.6 Å². The molecule has 0 spiro atoms. The molecule has 0 bridgehead atoms. The number of pyridine rings is 1. The van der Waals surface area contributed by atoms with Crippen molar-refractivity contribution in [2.75, 3.05) is 0 Å². The first-order valence-corrected chi connectivity index (χ1v) is 6.14. The van der Waals surface area contributed by atoms with Gasteiger partial charge in [-0.15, -0.1) is 0 Å². The monoisotopic (exact) mass is 271 g/mol. The van der Waals surface area contributed by atoms with Crippen molar-refractivity contribution in [2.24, 2.45) is 0 Å². The maximum Gasteiger partial charge on any atom is 0.193 e. The molecule has 0 aliphatic rings. The molecule has 100 valence electrons. The Kier molecular flexibility index (Phi) is 2.86. The molecule has 0 unspecified atom stereocenters. The molecule has 0 aliphatic carbocycles. The maximum absolute atomic E-state index is 13.2. The minimum Gasteiger partial charge on any atom is -0.354 e. The fourth-order valence-electron chi connectivity index (χ4n) is 2.26. The highest BCUT2D eigenvalue weighted by atomic mass is 19.1. The zero-order valence-corrected chi connectivity index (χ0v) is 10.7. The minimum atomic E-state index is -0.447. The highest BCUT2D eigenvalue weighted by Crippen LogP contribution is 2.22. The van der Waals surface area contributed by atoms with E-state index < -0.39 is 5.82 Å². The van der Waals surface area contributed by atoms with E-state index in [0.29, 0.717) is 27.7 Å². The number of hydrogen-bond donors (Lipinski definition) is 1. The van der Waals surface area contributed by atoms with Gasteiger partial charge in [0.15, 0.2) is 5.43 Å². The van der Waals surface area contributed by atoms with E-state index in [4.69, 9.17) is 0 Å². The van der Waals surface area contributed by atoms with Crippen LogP contribution in [0.2, 0.25) is 0 Å². The van der Waals surface area contributed by atoms with Crippen LogP contribution in [-0.2, 0) is 0 Å². The minimum absolute atomic E-state index is 0.224. The van der Waals surface area contributed by atoms with Gasteiger partial charge in [0.25, 0.3) is 0 Å². The normalized spacial score (nSPS) is 10.9. The zero-order valence-electron chi connectivity index (χ0n) is 10.7. The van der Waals surface area contributed by atoms with Crippen molar-refractivity contribution in [2.45, 2.75) is 6.92 Å². The van der Waals surface area contributed by atoms with Crippen molar-refractivity contribution < 1.29 is 8.78 Å². The summed E-state index contributed by atoms with van der Waals surface area (Å²) in [4.78, 5) is 15.4. The van der Waals surface area contributed by atoms with Crippen LogP contribution < -0.4 is 5.43 Å². The summed E-state index contributed by atoms with van der Waals surface area (Å²) in [7, 11) is 0. The molecule has 0 saturated heterocycles. The number of H-pyrrole nitrogens is 1. The quantitative estimate of drug-likeness (QED) is 0.717. The predicted molar refractivity (Wildman–Crippen MR) is 74.7 cm³/mol. The summed E-state index contributed by atoms with van der Waals surface area (Å²) < 4.78 is 26.2. The largest absolute Gasteiger partial charge is 0.354 e. The molecule has 2 aromatic carbocycles. The van der Waals surface area contributed by atoms with Crippen LogP contribution in [0.25, 0.3) is 22.2 Å². The molecule has 0 atom stereocenters. The number of nitrogens with one attached hydrogen (secondary N) is 1. The molecular formula is C16H11F2NO. The van der Waals surface area contributed by atoms with E-state index in [9.17, 15) is 13.6 Å². The Morgan fingerprint density at radius 2 is 1.60 bits per heavy atom. The number of aromatic nitrogens is 1. The second-order valence-electron chi connectivity index (χ2n) is 4.65. The third kappa shape index (κ3) is 1.99. The molecule has 3 aromatic rings. The second kappa shape index (κ2) is 4.56. The number of fused-ring (bicyclic) bond motifs is 1. The van der Waals surface area contributed by atoms with E-state index in [2.05, 4.69) is 4.98 Å². The summed E-state index contributed by atoms with van der Waals surface area (Å²) >= 11 is 0. The Hall–Kier alpha value is -2.49. The molecule has 0 fully saturated rings. The smallest absolute Gasteiger partial charge is 0.193 e. The first kappa shape index (κ1) is 12.5. The lowest BCUT2D eigenvalue weighted by molar-refractivity contribution is 0.628. The highest BCUT2D eigenvalue weighted by molar-refractivity contribution is 5.83. The van der Waals surface area contributed by atoms with Crippen LogP contribution >= 0.6 is 0 Å². The van der Waals surface area contributed by atoms with Gasteiger partial charge in [-0.3, -0.25) is 4.79 Å². The van der Waals surface area contributed by atoms with Crippen molar-refractivity contribution in [3.05, 3.63) is 69.9 Å². The summed E-state index contributed by atoms with van der Waals surface area (Å²) in [6.07, 6.45) is 0. The number of rotatable bonds is 1. The van der Waals surface area contributed by atoms with Gasteiger partial charge in [-0.05, 0) is 55.0 Å². The third-order valence-corrected chi connectivity index (χ3v) is 3.33. The fourth-order valence-corrected chi connectivity index (χ4v) is 2.26. The van der Waals surface area contributed by atoms with E-state index in [0.717, 1.165) is 0 Å². The van der Waals surface area contributed by atoms with Gasteiger partial charge < -0.3 is 4.98 Å². The van der Waals surface area contributed by atoms with Gasteiger partial charge in [-0.1, -0.05) is 0 Å². The summed E-state index contributed by atoms with van der Waals surface area (Å²) in [6.45, 7) is 1.67. The Morgan fingerprint density at radius 3 is 2.30 bits per heavy atom. The van der Waals surface area contributed by atoms with E-state index >= 15 is 0 Å². The van der Waals surface area contributed by atoms with Crippen LogP contribution in [-0.4, -0.2) is 4.98 Å². The van der Waals surface area contributed by atoms with Crippen LogP contribution in [0.15, 0.2) is 47.3 Å². The van der Waals surface area contributed by atoms with Gasteiger partial charge in [0.05, 0.1) is 5.69 Å². The van der Waals surface area contributed by atoms with Crippen molar-refractivity contribution in [3.8, 4) is 11.3 Å². The summed E-state index contributed by atoms with van der Waals surface area (Å²) in [5.41, 5.74) is 2.15. The van der Waals surface area contributed by atoms with Crippen LogP contribution in [0.1, 0.15) is 5.56 Å². The predicted octanol–water partition coefficient (Wildman–Crippen LogP) is 3.78. The lowest BCUT2D eigenvalue weighted by Gasteiger charge is -2.08. The van der Waals surface area contributed by atoms with Gasteiger partial charge in [0, 0.05) is 16.5 Å². The first-order chi connectivity index (χ1) is 9.56. The van der Waals surface area contributed by atoms with Crippen molar-refractivity contribution in [1.82, 2.24) is 4.98 Å². The summed E-state index contributed by atoms with van der Waals surface area (Å²) in [5, 5.41) is 0.313. The molecule has 20 heavy (non-hydrogen) atoms. The van der Waals surface area contributed by atoms with E-state index in [1.54, 1.807) is 19.1 Å². The number of halogens is 2. The molecule has 1 N–H and O–H groups in total. The third-order valence-electron chi connectivity index (χ3n) is 3.33. The Labute approximate surface area is 113 Å². The average molecular weight is 271 g/mol. The van der Waals surface area contributed by atoms with Crippen molar-refractivity contribution in [3.63, 3.8) is 0 Å². The van der Waals surface area contributed by atoms with Crippen molar-refractivity contribution in [1.29, 1.82) is 0 Å². The molecule has 0 radical (unpaired) electrons. The fraction of sp³-hybridized carbons (Fsp3) is 0.0625. The molecule has 2 nitrogen and oxygen atoms in total. The SMILES string of the molecule is Cc1c(-c2ccc(F)cc2)[nH]c2ccc(F)cc2c1=O. The van der Waals surface area contributed by atoms with E-state index in [1.165, 1.54) is 30.3 Å². The van der Waals surface area contributed by atoms with E-state index in [1.807, 2.05) is 0 Å². The topological polar surface area (TPSA) is 32.9 Å². The molecule has 3 rings (SSSR count). The van der Waals surface area contributed by atoms with Gasteiger partial charge in [-0.2, -0.15) is 0 Å². The van der Waals surface area contributed by atoms with Crippen LogP contribution in [0.5, 0.6) is 0 Å². The second-order valence-corrected chi connectivity index (χ2v) is 4.65. The lowest BCUT2D eigenvalue weighted by Crippen LogP contribution is -2.09. The molecular weight excluding hydrogens is 260 g/mol. The molecule has 1 heterocycles. The van der Waals surface area contributed by atoms with E-state index in [-0.39, 0.29) is 11.2 Å². The molecule has 4 heteroatoms. The lowest BCUT2D eigenvalue weighted by atomic mass is 10.0. The standard InChI is InChI=1S/C16H11F2NO/c1-9-15(10-2-4-11(17)5-3-10)19-14-7-6-12(18)8-13(14)16(9)20/h2-8H,1H3,(H,19,20). The number of benzene rings is 2. The summed E-state index contributed by atoms with van der Waals surface area (Å²) in [6, 6.07) is 9.91. The number of aromatic amines is 1. The van der Waals surface area contributed by atoms with Gasteiger partial charge in [0.2, 0.25) is 0 Å². The van der Waals surface area contributed by atoms with Crippen LogP contribution in [0.4, 0.5) is 8.78 Å². The highest BCUT2D eigenvalue weighted by Gasteiger charge is 2.10. The average Bonchev–Trinajstić information content (AvgIpc) is 2.44. The Balaban J connectivity index is 2.32. The zero-order chi connectivity index (χ0) is 14.3.